The Bertz CT molecular complexity index is 385. The first kappa shape index (κ1) is 14.6. The highest BCUT2D eigenvalue weighted by Crippen LogP contribution is 2.26. The van der Waals surface area contributed by atoms with E-state index >= 15 is 0 Å². The maximum Gasteiger partial charge on any atom is 0.166 e. The highest BCUT2D eigenvalue weighted by Gasteiger charge is 2.12. The second-order valence-electron chi connectivity index (χ2n) is 4.30. The lowest BCUT2D eigenvalue weighted by molar-refractivity contribution is 0.0976. The van der Waals surface area contributed by atoms with Crippen LogP contribution in [-0.2, 0) is 0 Å². The standard InChI is InChI=1S/C15H22O3/c1-4-5-6-7-8-14(16)13-10-9-12(17-2)11-15(13)18-3/h9-11H,4-8H2,1-3H3. The molecule has 0 amide bonds. The first-order chi connectivity index (χ1) is 8.72. The topological polar surface area (TPSA) is 35.5 Å². The summed E-state index contributed by atoms with van der Waals surface area (Å²) in [7, 11) is 3.17. The van der Waals surface area contributed by atoms with Crippen molar-refractivity contribution in [1.82, 2.24) is 0 Å². The molecular formula is C15H22O3. The maximum atomic E-state index is 12.1. The van der Waals surface area contributed by atoms with E-state index in [-0.39, 0.29) is 5.78 Å². The van der Waals surface area contributed by atoms with Gasteiger partial charge in [0.05, 0.1) is 19.8 Å². The quantitative estimate of drug-likeness (QED) is 0.519. The van der Waals surface area contributed by atoms with Crippen molar-refractivity contribution >= 4 is 5.78 Å². The Kier molecular flexibility index (Phi) is 6.26. The SMILES string of the molecule is CCCCCCC(=O)c1ccc(OC)cc1OC. The van der Waals surface area contributed by atoms with E-state index in [1.807, 2.05) is 0 Å². The molecule has 1 rings (SSSR count). The van der Waals surface area contributed by atoms with Gasteiger partial charge >= 0.3 is 0 Å². The number of hydrogen-bond acceptors (Lipinski definition) is 3. The van der Waals surface area contributed by atoms with Crippen molar-refractivity contribution in [2.75, 3.05) is 14.2 Å². The van der Waals surface area contributed by atoms with Crippen molar-refractivity contribution in [2.24, 2.45) is 0 Å². The lowest BCUT2D eigenvalue weighted by Gasteiger charge is -2.09. The fourth-order valence-corrected chi connectivity index (χ4v) is 1.88. The largest absolute Gasteiger partial charge is 0.497 e. The zero-order chi connectivity index (χ0) is 13.4. The van der Waals surface area contributed by atoms with Crippen LogP contribution in [0.4, 0.5) is 0 Å². The number of Topliss-reactive ketones (excluding diaryl/α,β-unsaturated/α-hetero) is 1. The van der Waals surface area contributed by atoms with Crippen LogP contribution in [0, 0.1) is 0 Å². The van der Waals surface area contributed by atoms with Crippen LogP contribution in [0.2, 0.25) is 0 Å². The Hall–Kier alpha value is -1.51. The van der Waals surface area contributed by atoms with Gasteiger partial charge in [-0.25, -0.2) is 0 Å². The van der Waals surface area contributed by atoms with Crippen LogP contribution >= 0.6 is 0 Å². The Labute approximate surface area is 109 Å². The summed E-state index contributed by atoms with van der Waals surface area (Å²) in [6.45, 7) is 2.16. The number of ketones is 1. The maximum absolute atomic E-state index is 12.1. The minimum Gasteiger partial charge on any atom is -0.497 e. The molecule has 3 heteroatoms. The summed E-state index contributed by atoms with van der Waals surface area (Å²) in [5, 5.41) is 0. The van der Waals surface area contributed by atoms with Crippen molar-refractivity contribution < 1.29 is 14.3 Å². The highest BCUT2D eigenvalue weighted by molar-refractivity contribution is 5.98. The van der Waals surface area contributed by atoms with Gasteiger partial charge in [-0.1, -0.05) is 26.2 Å². The van der Waals surface area contributed by atoms with Gasteiger partial charge in [0.15, 0.2) is 5.78 Å². The van der Waals surface area contributed by atoms with Gasteiger partial charge in [0.2, 0.25) is 0 Å². The first-order valence-electron chi connectivity index (χ1n) is 6.48. The first-order valence-corrected chi connectivity index (χ1v) is 6.48. The minimum atomic E-state index is 0.144. The zero-order valence-corrected chi connectivity index (χ0v) is 11.5. The molecular weight excluding hydrogens is 228 g/mol. The number of ether oxygens (including phenoxy) is 2. The molecule has 0 N–H and O–H groups in total. The predicted molar refractivity (Wildman–Crippen MR) is 72.6 cm³/mol. The van der Waals surface area contributed by atoms with E-state index in [1.165, 1.54) is 12.8 Å². The lowest BCUT2D eigenvalue weighted by Crippen LogP contribution is -2.02. The molecule has 0 bridgehead atoms. The van der Waals surface area contributed by atoms with Crippen molar-refractivity contribution in [3.05, 3.63) is 23.8 Å². The average molecular weight is 250 g/mol. The van der Waals surface area contributed by atoms with Gasteiger partial charge in [0, 0.05) is 12.5 Å². The smallest absolute Gasteiger partial charge is 0.166 e. The Morgan fingerprint density at radius 1 is 1.11 bits per heavy atom. The molecule has 0 atom stereocenters. The van der Waals surface area contributed by atoms with E-state index in [4.69, 9.17) is 9.47 Å². The average Bonchev–Trinajstić information content (AvgIpc) is 2.42. The second kappa shape index (κ2) is 7.75. The van der Waals surface area contributed by atoms with Gasteiger partial charge in [0.1, 0.15) is 11.5 Å². The van der Waals surface area contributed by atoms with Crippen molar-refractivity contribution in [1.29, 1.82) is 0 Å². The minimum absolute atomic E-state index is 0.144. The van der Waals surface area contributed by atoms with Gasteiger partial charge in [-0.3, -0.25) is 4.79 Å². The molecule has 0 fully saturated rings. The van der Waals surface area contributed by atoms with Crippen LogP contribution in [0.15, 0.2) is 18.2 Å². The Morgan fingerprint density at radius 3 is 2.50 bits per heavy atom. The molecule has 0 spiro atoms. The summed E-state index contributed by atoms with van der Waals surface area (Å²) in [5.74, 6) is 1.44. The number of hydrogen-bond donors (Lipinski definition) is 0. The van der Waals surface area contributed by atoms with Crippen LogP contribution in [-0.4, -0.2) is 20.0 Å². The molecule has 1 aromatic rings. The van der Waals surface area contributed by atoms with Gasteiger partial charge in [-0.15, -0.1) is 0 Å². The summed E-state index contributed by atoms with van der Waals surface area (Å²) < 4.78 is 10.3. The summed E-state index contributed by atoms with van der Waals surface area (Å²) in [6, 6.07) is 5.32. The Morgan fingerprint density at radius 2 is 1.89 bits per heavy atom. The molecule has 0 saturated carbocycles. The fourth-order valence-electron chi connectivity index (χ4n) is 1.88. The number of unbranched alkanes of at least 4 members (excludes halogenated alkanes) is 3. The number of carbonyl (C=O) groups excluding carboxylic acids is 1. The van der Waals surface area contributed by atoms with E-state index in [9.17, 15) is 4.79 Å². The molecule has 1 aromatic carbocycles. The van der Waals surface area contributed by atoms with E-state index in [0.29, 0.717) is 23.5 Å². The summed E-state index contributed by atoms with van der Waals surface area (Å²) >= 11 is 0. The highest BCUT2D eigenvalue weighted by atomic mass is 16.5. The third kappa shape index (κ3) is 4.06. The molecule has 0 aromatic heterocycles. The third-order valence-electron chi connectivity index (χ3n) is 2.97. The molecule has 3 nitrogen and oxygen atoms in total. The van der Waals surface area contributed by atoms with Crippen molar-refractivity contribution in [3.8, 4) is 11.5 Å². The van der Waals surface area contributed by atoms with Crippen LogP contribution < -0.4 is 9.47 Å². The van der Waals surface area contributed by atoms with Crippen LogP contribution in [0.1, 0.15) is 49.4 Å². The third-order valence-corrected chi connectivity index (χ3v) is 2.97. The molecule has 0 saturated heterocycles. The predicted octanol–water partition coefficient (Wildman–Crippen LogP) is 3.86. The van der Waals surface area contributed by atoms with Gasteiger partial charge in [-0.2, -0.15) is 0 Å². The normalized spacial score (nSPS) is 10.2. The monoisotopic (exact) mass is 250 g/mol. The number of benzene rings is 1. The van der Waals surface area contributed by atoms with Gasteiger partial charge in [-0.05, 0) is 18.6 Å². The van der Waals surface area contributed by atoms with E-state index in [1.54, 1.807) is 32.4 Å². The van der Waals surface area contributed by atoms with Crippen molar-refractivity contribution in [2.45, 2.75) is 39.0 Å². The lowest BCUT2D eigenvalue weighted by atomic mass is 10.0. The number of carbonyl (C=O) groups is 1. The van der Waals surface area contributed by atoms with E-state index < -0.39 is 0 Å². The Balaban J connectivity index is 2.66. The molecule has 0 aliphatic heterocycles. The van der Waals surface area contributed by atoms with Crippen LogP contribution in [0.25, 0.3) is 0 Å². The molecule has 18 heavy (non-hydrogen) atoms. The fraction of sp³-hybridized carbons (Fsp3) is 0.533. The van der Waals surface area contributed by atoms with Crippen LogP contribution in [0.5, 0.6) is 11.5 Å². The molecule has 0 unspecified atom stereocenters. The number of methoxy groups -OCH3 is 2. The van der Waals surface area contributed by atoms with E-state index in [2.05, 4.69) is 6.92 Å². The van der Waals surface area contributed by atoms with Gasteiger partial charge < -0.3 is 9.47 Å². The molecule has 0 aliphatic carbocycles. The summed E-state index contributed by atoms with van der Waals surface area (Å²) in [5.41, 5.74) is 0.648. The van der Waals surface area contributed by atoms with Crippen molar-refractivity contribution in [3.63, 3.8) is 0 Å². The molecule has 0 aliphatic rings. The summed E-state index contributed by atoms with van der Waals surface area (Å²) in [4.78, 5) is 12.1. The number of rotatable bonds is 8. The second-order valence-corrected chi connectivity index (χ2v) is 4.30. The summed E-state index contributed by atoms with van der Waals surface area (Å²) in [6.07, 6.45) is 5.01. The zero-order valence-electron chi connectivity index (χ0n) is 11.5. The van der Waals surface area contributed by atoms with E-state index in [0.717, 1.165) is 12.8 Å². The van der Waals surface area contributed by atoms with Gasteiger partial charge in [0.25, 0.3) is 0 Å². The molecule has 0 heterocycles. The van der Waals surface area contributed by atoms with Crippen LogP contribution in [0.3, 0.4) is 0 Å². The molecule has 100 valence electrons. The molecule has 0 radical (unpaired) electrons.